The lowest BCUT2D eigenvalue weighted by atomic mass is 9.96. The Morgan fingerprint density at radius 3 is 2.75 bits per heavy atom. The van der Waals surface area contributed by atoms with Crippen LogP contribution in [0.15, 0.2) is 22.8 Å². The number of amides is 2. The molecule has 0 bridgehead atoms. The number of nitrogens with zero attached hydrogens (tertiary/aromatic N) is 1. The number of rotatable bonds is 7. The molecule has 0 aromatic carbocycles. The van der Waals surface area contributed by atoms with Crippen molar-refractivity contribution in [1.29, 1.82) is 0 Å². The lowest BCUT2D eigenvalue weighted by Gasteiger charge is -2.34. The summed E-state index contributed by atoms with van der Waals surface area (Å²) in [5.41, 5.74) is 0. The number of hydrogen-bond acceptors (Lipinski definition) is 4. The molecule has 0 spiro atoms. The summed E-state index contributed by atoms with van der Waals surface area (Å²) in [7, 11) is 0. The van der Waals surface area contributed by atoms with Crippen molar-refractivity contribution in [2.45, 2.75) is 58.1 Å². The van der Waals surface area contributed by atoms with E-state index in [1.165, 1.54) is 6.26 Å². The summed E-state index contributed by atoms with van der Waals surface area (Å²) >= 11 is 0. The van der Waals surface area contributed by atoms with Crippen molar-refractivity contribution < 1.29 is 19.1 Å². The van der Waals surface area contributed by atoms with Gasteiger partial charge in [-0.2, -0.15) is 0 Å². The maximum atomic E-state index is 12.5. The average Bonchev–Trinajstić information content (AvgIpc) is 3.14. The highest BCUT2D eigenvalue weighted by atomic mass is 16.3. The Kier molecular flexibility index (Phi) is 6.85. The third-order valence-corrected chi connectivity index (χ3v) is 4.88. The molecule has 1 saturated heterocycles. The lowest BCUT2D eigenvalue weighted by molar-refractivity contribution is -0.127. The van der Waals surface area contributed by atoms with Crippen LogP contribution in [0.25, 0.3) is 0 Å². The van der Waals surface area contributed by atoms with Crippen LogP contribution in [0.5, 0.6) is 0 Å². The zero-order chi connectivity index (χ0) is 17.5. The maximum Gasteiger partial charge on any atom is 0.290 e. The van der Waals surface area contributed by atoms with E-state index in [0.717, 1.165) is 25.7 Å². The van der Waals surface area contributed by atoms with Crippen molar-refractivity contribution in [3.8, 4) is 0 Å². The highest BCUT2D eigenvalue weighted by Crippen LogP contribution is 2.20. The Morgan fingerprint density at radius 2 is 2.12 bits per heavy atom. The van der Waals surface area contributed by atoms with Crippen LogP contribution < -0.4 is 5.32 Å². The van der Waals surface area contributed by atoms with Gasteiger partial charge in [-0.25, -0.2) is 0 Å². The first-order chi connectivity index (χ1) is 11.6. The molecule has 0 aliphatic carbocycles. The number of furan rings is 1. The number of carbonyl (C=O) groups excluding carboxylic acids is 2. The standard InChI is InChI=1S/C18H28N2O4/c1-3-13(4-2)15(21)12-19-17(22)14-8-5-6-10-20(14)18(23)16-9-7-11-24-16/h7,9,11,13-15,21H,3-6,8,10,12H2,1-2H3,(H,19,22). The van der Waals surface area contributed by atoms with Gasteiger partial charge in [-0.05, 0) is 37.3 Å². The van der Waals surface area contributed by atoms with Crippen LogP contribution in [-0.4, -0.2) is 47.1 Å². The molecule has 1 aromatic heterocycles. The summed E-state index contributed by atoms with van der Waals surface area (Å²) in [5.74, 6) is -0.00993. The minimum atomic E-state index is -0.554. The SMILES string of the molecule is CCC(CC)C(O)CNC(=O)C1CCCCN1C(=O)c1ccco1. The van der Waals surface area contributed by atoms with Crippen LogP contribution >= 0.6 is 0 Å². The largest absolute Gasteiger partial charge is 0.459 e. The fraction of sp³-hybridized carbons (Fsp3) is 0.667. The van der Waals surface area contributed by atoms with Crippen LogP contribution in [0, 0.1) is 5.92 Å². The van der Waals surface area contributed by atoms with Crippen molar-refractivity contribution in [2.75, 3.05) is 13.1 Å². The zero-order valence-electron chi connectivity index (χ0n) is 14.5. The van der Waals surface area contributed by atoms with Crippen molar-refractivity contribution in [3.05, 3.63) is 24.2 Å². The molecule has 2 heterocycles. The first-order valence-electron chi connectivity index (χ1n) is 8.88. The van der Waals surface area contributed by atoms with Gasteiger partial charge in [-0.1, -0.05) is 26.7 Å². The van der Waals surface area contributed by atoms with Crippen molar-refractivity contribution in [2.24, 2.45) is 5.92 Å². The van der Waals surface area contributed by atoms with Gasteiger partial charge in [-0.15, -0.1) is 0 Å². The van der Waals surface area contributed by atoms with Crippen LogP contribution in [0.1, 0.15) is 56.5 Å². The third kappa shape index (κ3) is 4.38. The molecule has 2 amide bonds. The monoisotopic (exact) mass is 336 g/mol. The highest BCUT2D eigenvalue weighted by Gasteiger charge is 2.33. The van der Waals surface area contributed by atoms with E-state index in [0.29, 0.717) is 13.0 Å². The van der Waals surface area contributed by atoms with E-state index in [2.05, 4.69) is 5.32 Å². The summed E-state index contributed by atoms with van der Waals surface area (Å²) in [6, 6.07) is 2.78. The normalized spacial score (nSPS) is 19.3. The van der Waals surface area contributed by atoms with Gasteiger partial charge in [-0.3, -0.25) is 9.59 Å². The number of likely N-dealkylation sites (tertiary alicyclic amines) is 1. The summed E-state index contributed by atoms with van der Waals surface area (Å²) < 4.78 is 5.17. The van der Waals surface area contributed by atoms with Gasteiger partial charge < -0.3 is 19.7 Å². The second-order valence-corrected chi connectivity index (χ2v) is 6.38. The van der Waals surface area contributed by atoms with E-state index in [4.69, 9.17) is 4.42 Å². The Hall–Kier alpha value is -1.82. The predicted molar refractivity (Wildman–Crippen MR) is 90.5 cm³/mol. The highest BCUT2D eigenvalue weighted by molar-refractivity contribution is 5.95. The molecular formula is C18H28N2O4. The van der Waals surface area contributed by atoms with E-state index in [-0.39, 0.29) is 30.0 Å². The molecule has 24 heavy (non-hydrogen) atoms. The average molecular weight is 336 g/mol. The van der Waals surface area contributed by atoms with Gasteiger partial charge >= 0.3 is 0 Å². The van der Waals surface area contributed by atoms with Crippen LogP contribution in [-0.2, 0) is 4.79 Å². The molecular weight excluding hydrogens is 308 g/mol. The maximum absolute atomic E-state index is 12.5. The van der Waals surface area contributed by atoms with Crippen LogP contribution in [0.4, 0.5) is 0 Å². The molecule has 1 aliphatic heterocycles. The van der Waals surface area contributed by atoms with E-state index >= 15 is 0 Å². The molecule has 2 N–H and O–H groups in total. The third-order valence-electron chi connectivity index (χ3n) is 4.88. The first-order valence-corrected chi connectivity index (χ1v) is 8.88. The molecule has 0 radical (unpaired) electrons. The fourth-order valence-corrected chi connectivity index (χ4v) is 3.31. The first kappa shape index (κ1) is 18.5. The predicted octanol–water partition coefficient (Wildman–Crippen LogP) is 2.19. The summed E-state index contributed by atoms with van der Waals surface area (Å²) in [4.78, 5) is 26.6. The minimum Gasteiger partial charge on any atom is -0.459 e. The number of carbonyl (C=O) groups is 2. The number of nitrogens with one attached hydrogen (secondary N) is 1. The Bertz CT molecular complexity index is 525. The second-order valence-electron chi connectivity index (χ2n) is 6.38. The van der Waals surface area contributed by atoms with Crippen LogP contribution in [0.3, 0.4) is 0 Å². The van der Waals surface area contributed by atoms with Gasteiger partial charge in [0.05, 0.1) is 12.4 Å². The number of piperidine rings is 1. The summed E-state index contributed by atoms with van der Waals surface area (Å²) in [5, 5.41) is 13.0. The summed E-state index contributed by atoms with van der Waals surface area (Å²) in [6.45, 7) is 4.84. The van der Waals surface area contributed by atoms with Gasteiger partial charge in [0.25, 0.3) is 5.91 Å². The lowest BCUT2D eigenvalue weighted by Crippen LogP contribution is -2.53. The molecule has 2 atom stereocenters. The Balaban J connectivity index is 1.96. The van der Waals surface area contributed by atoms with Gasteiger partial charge in [0.2, 0.25) is 5.91 Å². The number of hydrogen-bond donors (Lipinski definition) is 2. The Labute approximate surface area is 143 Å². The molecule has 2 rings (SSSR count). The van der Waals surface area contributed by atoms with E-state index in [1.807, 2.05) is 13.8 Å². The fourth-order valence-electron chi connectivity index (χ4n) is 3.31. The minimum absolute atomic E-state index is 0.178. The number of aliphatic hydroxyl groups excluding tert-OH is 1. The smallest absolute Gasteiger partial charge is 0.290 e. The van der Waals surface area contributed by atoms with Gasteiger partial charge in [0.15, 0.2) is 5.76 Å². The molecule has 6 heteroatoms. The topological polar surface area (TPSA) is 82.8 Å². The van der Waals surface area contributed by atoms with Crippen molar-refractivity contribution in [1.82, 2.24) is 10.2 Å². The zero-order valence-corrected chi connectivity index (χ0v) is 14.5. The van der Waals surface area contributed by atoms with E-state index in [9.17, 15) is 14.7 Å². The van der Waals surface area contributed by atoms with Crippen LogP contribution in [0.2, 0.25) is 0 Å². The number of aliphatic hydroxyl groups is 1. The van der Waals surface area contributed by atoms with E-state index < -0.39 is 12.1 Å². The molecule has 0 saturated carbocycles. The molecule has 1 fully saturated rings. The molecule has 1 aromatic rings. The van der Waals surface area contributed by atoms with Crippen molar-refractivity contribution >= 4 is 11.8 Å². The van der Waals surface area contributed by atoms with E-state index in [1.54, 1.807) is 17.0 Å². The van der Waals surface area contributed by atoms with Gasteiger partial charge in [0, 0.05) is 13.1 Å². The van der Waals surface area contributed by atoms with Gasteiger partial charge in [0.1, 0.15) is 6.04 Å². The Morgan fingerprint density at radius 1 is 1.38 bits per heavy atom. The second kappa shape index (κ2) is 8.87. The molecule has 1 aliphatic rings. The molecule has 2 unspecified atom stereocenters. The van der Waals surface area contributed by atoms with Crippen molar-refractivity contribution in [3.63, 3.8) is 0 Å². The summed E-state index contributed by atoms with van der Waals surface area (Å²) in [6.07, 6.45) is 5.08. The molecule has 134 valence electrons. The molecule has 6 nitrogen and oxygen atoms in total. The quantitative estimate of drug-likeness (QED) is 0.799.